The quantitative estimate of drug-likeness (QED) is 0.0242. The Balaban J connectivity index is 0.000000283. The van der Waals surface area contributed by atoms with Crippen molar-refractivity contribution < 1.29 is 57.2 Å². The SMILES string of the molecule is C=CC(=O)OCCCCOC(=O)C1CCC(C2CCC(C(=O)OC)CC2)CC1.[C-]#[N+]/C(C#N)=C1\Sc2c(C)ccc(OC(=O)C3CCC(C4CCC(C(=O)OCCCCOC(=O)C=C)CC4)CC3)c2S1. The van der Waals surface area contributed by atoms with E-state index in [4.69, 9.17) is 35.0 Å². The van der Waals surface area contributed by atoms with Gasteiger partial charge in [0.05, 0.1) is 79.0 Å². The summed E-state index contributed by atoms with van der Waals surface area (Å²) in [4.78, 5) is 76.6. The number of hydrogen-bond donors (Lipinski definition) is 0. The van der Waals surface area contributed by atoms with Crippen LogP contribution in [0.25, 0.3) is 4.85 Å². The van der Waals surface area contributed by atoms with Crippen molar-refractivity contribution >= 4 is 59.3 Å². The molecule has 1 aromatic rings. The van der Waals surface area contributed by atoms with Crippen LogP contribution >= 0.6 is 23.5 Å². The number of fused-ring (bicyclic) bond motifs is 1. The number of benzene rings is 1. The minimum atomic E-state index is -0.442. The molecule has 4 aliphatic carbocycles. The van der Waals surface area contributed by atoms with Gasteiger partial charge in [0, 0.05) is 17.0 Å². The molecule has 0 amide bonds. The predicted molar refractivity (Wildman–Crippen MR) is 264 cm³/mol. The van der Waals surface area contributed by atoms with Gasteiger partial charge in [0.2, 0.25) is 0 Å². The van der Waals surface area contributed by atoms with Gasteiger partial charge < -0.3 is 28.4 Å². The molecule has 0 atom stereocenters. The molecule has 6 rings (SSSR count). The normalized spacial score (nSPS) is 25.6. The Morgan fingerprint density at radius 1 is 0.600 bits per heavy atom. The molecule has 380 valence electrons. The summed E-state index contributed by atoms with van der Waals surface area (Å²) in [5, 5.41) is 9.28. The van der Waals surface area contributed by atoms with E-state index in [0.29, 0.717) is 85.8 Å². The lowest BCUT2D eigenvalue weighted by molar-refractivity contribution is -0.151. The molecule has 1 aromatic carbocycles. The van der Waals surface area contributed by atoms with Crippen molar-refractivity contribution in [1.29, 1.82) is 5.26 Å². The third-order valence-corrected chi connectivity index (χ3v) is 17.4. The zero-order valence-corrected chi connectivity index (χ0v) is 42.6. The fraction of sp³-hybridized carbons (Fsp3) is 0.630. The number of hydrogen-bond acceptors (Lipinski definition) is 15. The van der Waals surface area contributed by atoms with Crippen LogP contribution in [0.3, 0.4) is 0 Å². The Morgan fingerprint density at radius 2 is 0.971 bits per heavy atom. The van der Waals surface area contributed by atoms with E-state index in [1.165, 1.54) is 30.6 Å². The molecular formula is C54H70N2O12S2. The average Bonchev–Trinajstić information content (AvgIpc) is 3.85. The van der Waals surface area contributed by atoms with Crippen molar-refractivity contribution in [3.8, 4) is 11.8 Å². The number of allylic oxidation sites excluding steroid dienone is 1. The van der Waals surface area contributed by atoms with Gasteiger partial charge in [-0.05, 0) is 171 Å². The molecule has 70 heavy (non-hydrogen) atoms. The van der Waals surface area contributed by atoms with Gasteiger partial charge >= 0.3 is 35.8 Å². The van der Waals surface area contributed by atoms with Crippen LogP contribution < -0.4 is 4.74 Å². The first kappa shape index (κ1) is 55.9. The molecule has 1 heterocycles. The minimum Gasteiger partial charge on any atom is -0.469 e. The molecule has 0 radical (unpaired) electrons. The van der Waals surface area contributed by atoms with Crippen molar-refractivity contribution in [3.05, 3.63) is 64.4 Å². The molecule has 1 aliphatic heterocycles. The van der Waals surface area contributed by atoms with Crippen molar-refractivity contribution in [1.82, 2.24) is 0 Å². The molecule has 0 aromatic heterocycles. The van der Waals surface area contributed by atoms with Crippen LogP contribution in [0.2, 0.25) is 0 Å². The molecule has 14 nitrogen and oxygen atoms in total. The highest BCUT2D eigenvalue weighted by Crippen LogP contribution is 2.57. The Labute approximate surface area is 422 Å². The number of carbonyl (C=O) groups is 6. The fourth-order valence-electron chi connectivity index (χ4n) is 10.5. The van der Waals surface area contributed by atoms with Crippen LogP contribution in [0.15, 0.2) is 57.2 Å². The maximum atomic E-state index is 13.1. The third-order valence-electron chi connectivity index (χ3n) is 14.6. The highest BCUT2D eigenvalue weighted by atomic mass is 32.2. The first-order chi connectivity index (χ1) is 33.9. The van der Waals surface area contributed by atoms with Gasteiger partial charge in [-0.15, -0.1) is 0 Å². The number of carbonyl (C=O) groups excluding carboxylic acids is 6. The molecular weight excluding hydrogens is 933 g/mol. The molecule has 0 unspecified atom stereocenters. The molecule has 0 N–H and O–H groups in total. The van der Waals surface area contributed by atoms with Gasteiger partial charge in [-0.2, -0.15) is 0 Å². The van der Waals surface area contributed by atoms with Gasteiger partial charge in [0.1, 0.15) is 5.75 Å². The Morgan fingerprint density at radius 3 is 1.34 bits per heavy atom. The number of nitrogens with zero attached hydrogens (tertiary/aromatic N) is 2. The summed E-state index contributed by atoms with van der Waals surface area (Å²) in [6.45, 7) is 17.3. The summed E-state index contributed by atoms with van der Waals surface area (Å²) in [5.74, 6) is 1.53. The Kier molecular flexibility index (Phi) is 23.4. The van der Waals surface area contributed by atoms with Gasteiger partial charge in [-0.25, -0.2) is 19.7 Å². The zero-order valence-electron chi connectivity index (χ0n) is 40.9. The van der Waals surface area contributed by atoms with E-state index in [9.17, 15) is 34.0 Å². The van der Waals surface area contributed by atoms with Gasteiger partial charge in [-0.3, -0.25) is 19.2 Å². The largest absolute Gasteiger partial charge is 0.469 e. The molecule has 4 saturated carbocycles. The first-order valence-electron chi connectivity index (χ1n) is 25.1. The maximum Gasteiger partial charge on any atom is 0.330 e. The lowest BCUT2D eigenvalue weighted by Gasteiger charge is -2.36. The standard InChI is InChI=1S/C32H36N2O6S2.C22H34O6/c1-4-27(35)38-17-5-6-18-39-30(36)23-12-8-21(9-13-23)22-10-14-24(15-11-22)31(37)40-26-16-7-20(2)28-29(26)42-32(41-28)25(19-33)34-3;1-3-20(23)27-14-4-5-15-28-22(25)19-12-8-17(9-13-19)16-6-10-18(11-7-16)21(24)26-2/h4,7,16,21-24H,1,5-6,8-15,17-18H2,2H3;3,16-19H,1,4-15H2,2H3/b32-25+;. The van der Waals surface area contributed by atoms with Crippen molar-refractivity contribution in [2.24, 2.45) is 47.3 Å². The van der Waals surface area contributed by atoms with Gasteiger partial charge in [0.25, 0.3) is 5.70 Å². The zero-order chi connectivity index (χ0) is 50.4. The van der Waals surface area contributed by atoms with E-state index in [0.717, 1.165) is 130 Å². The van der Waals surface area contributed by atoms with Crippen LogP contribution in [-0.2, 0) is 52.5 Å². The summed E-state index contributed by atoms with van der Waals surface area (Å²) in [5.41, 5.74) is 1.08. The summed E-state index contributed by atoms with van der Waals surface area (Å²) >= 11 is 2.72. The highest BCUT2D eigenvalue weighted by molar-refractivity contribution is 8.24. The Bertz CT molecular complexity index is 2100. The van der Waals surface area contributed by atoms with E-state index in [-0.39, 0.29) is 53.2 Å². The minimum absolute atomic E-state index is 0.0150. The monoisotopic (exact) mass is 1000 g/mol. The van der Waals surface area contributed by atoms with Crippen LogP contribution in [0.5, 0.6) is 5.75 Å². The van der Waals surface area contributed by atoms with Crippen molar-refractivity contribution in [3.63, 3.8) is 0 Å². The molecule has 4 fully saturated rings. The fourth-order valence-corrected chi connectivity index (χ4v) is 13.0. The van der Waals surface area contributed by atoms with Crippen molar-refractivity contribution in [2.45, 2.75) is 145 Å². The van der Waals surface area contributed by atoms with E-state index in [2.05, 4.69) is 18.0 Å². The number of aryl methyl sites for hydroxylation is 1. The first-order valence-corrected chi connectivity index (χ1v) is 26.7. The summed E-state index contributed by atoms with van der Waals surface area (Å²) < 4.78 is 32.1. The summed E-state index contributed by atoms with van der Waals surface area (Å²) in [7, 11) is 1.46. The second-order valence-corrected chi connectivity index (χ2v) is 21.3. The predicted octanol–water partition coefficient (Wildman–Crippen LogP) is 11.2. The lowest BCUT2D eigenvalue weighted by Crippen LogP contribution is -2.31. The van der Waals surface area contributed by atoms with Crippen LogP contribution in [0.1, 0.15) is 134 Å². The van der Waals surface area contributed by atoms with Crippen LogP contribution in [0.4, 0.5) is 0 Å². The molecule has 0 saturated heterocycles. The summed E-state index contributed by atoms with van der Waals surface area (Å²) in [6.07, 6.45) is 20.2. The van der Waals surface area contributed by atoms with E-state index < -0.39 is 11.9 Å². The van der Waals surface area contributed by atoms with Crippen LogP contribution in [0, 0.1) is 72.2 Å². The number of methoxy groups -OCH3 is 1. The van der Waals surface area contributed by atoms with E-state index in [1.54, 1.807) is 0 Å². The number of nitriles is 1. The smallest absolute Gasteiger partial charge is 0.330 e. The Hall–Kier alpha value is -5.06. The van der Waals surface area contributed by atoms with Crippen molar-refractivity contribution in [2.75, 3.05) is 33.5 Å². The number of thioether (sulfide) groups is 2. The van der Waals surface area contributed by atoms with Crippen LogP contribution in [-0.4, -0.2) is 69.4 Å². The molecule has 5 aliphatic rings. The number of ether oxygens (including phenoxy) is 6. The van der Waals surface area contributed by atoms with Gasteiger partial charge in [0.15, 0.2) is 0 Å². The van der Waals surface area contributed by atoms with E-state index >= 15 is 0 Å². The second kappa shape index (κ2) is 29.3. The lowest BCUT2D eigenvalue weighted by atomic mass is 9.69. The van der Waals surface area contributed by atoms with E-state index in [1.807, 2.05) is 25.1 Å². The topological polar surface area (TPSA) is 186 Å². The highest BCUT2D eigenvalue weighted by Gasteiger charge is 2.37. The maximum absolute atomic E-state index is 13.1. The molecule has 0 bridgehead atoms. The molecule has 16 heteroatoms. The summed E-state index contributed by atoms with van der Waals surface area (Å²) in [6, 6.07) is 5.68. The number of unbranched alkanes of at least 4 members (excludes halogenated alkanes) is 2. The third kappa shape index (κ3) is 16.8. The average molecular weight is 1000 g/mol. The second-order valence-electron chi connectivity index (χ2n) is 19.0. The number of esters is 6. The molecule has 0 spiro atoms. The van der Waals surface area contributed by atoms with Gasteiger partial charge in [-0.1, -0.05) is 42.7 Å². The number of rotatable bonds is 19.